The van der Waals surface area contributed by atoms with E-state index < -0.39 is 0 Å². The van der Waals surface area contributed by atoms with Crippen molar-refractivity contribution in [1.29, 1.82) is 5.26 Å². The van der Waals surface area contributed by atoms with Gasteiger partial charge in [-0.25, -0.2) is 9.50 Å². The molecule has 0 aliphatic carbocycles. The Labute approximate surface area is 153 Å². The van der Waals surface area contributed by atoms with E-state index in [0.29, 0.717) is 50.4 Å². The third kappa shape index (κ3) is 4.36. The monoisotopic (exact) mass is 359 g/mol. The Balaban J connectivity index is 2.14. The lowest BCUT2D eigenvalue weighted by molar-refractivity contribution is -0.132. The van der Waals surface area contributed by atoms with Crippen LogP contribution in [0, 0.1) is 25.2 Å². The van der Waals surface area contributed by atoms with Crippen LogP contribution in [0.1, 0.15) is 28.9 Å². The molecular weight excluding hydrogens is 334 g/mol. The summed E-state index contributed by atoms with van der Waals surface area (Å²) in [5, 5.41) is 13.4. The number of amides is 1. The topological polar surface area (TPSA) is 92.8 Å². The molecule has 0 spiro atoms. The largest absolute Gasteiger partial charge is 0.383 e. The summed E-state index contributed by atoms with van der Waals surface area (Å²) >= 11 is 0. The van der Waals surface area contributed by atoms with Gasteiger partial charge in [-0.15, -0.1) is 0 Å². The molecule has 2 heterocycles. The molecule has 0 atom stereocenters. The molecule has 0 N–H and O–H groups in total. The number of aryl methyl sites for hydroxylation is 2. The lowest BCUT2D eigenvalue weighted by Crippen LogP contribution is -2.36. The first-order valence-corrected chi connectivity index (χ1v) is 8.53. The molecule has 0 radical (unpaired) electrons. The van der Waals surface area contributed by atoms with E-state index in [1.165, 1.54) is 6.20 Å². The van der Waals surface area contributed by atoms with Gasteiger partial charge in [-0.1, -0.05) is 0 Å². The number of carbonyl (C=O) groups excluding carboxylic acids is 1. The van der Waals surface area contributed by atoms with Gasteiger partial charge in [0, 0.05) is 45.1 Å². The zero-order valence-electron chi connectivity index (χ0n) is 15.8. The van der Waals surface area contributed by atoms with Crippen LogP contribution in [0.3, 0.4) is 0 Å². The van der Waals surface area contributed by atoms with Crippen LogP contribution in [-0.4, -0.2) is 65.9 Å². The molecule has 1 amide bonds. The standard InChI is InChI=1S/C18H25N5O3/c1-13-16(14(2)23-18(21-13)15(11-19)12-20-23)5-6-17(24)22(7-9-25-3)8-10-26-4/h12H,5-10H2,1-4H3. The number of hydrogen-bond acceptors (Lipinski definition) is 6. The summed E-state index contributed by atoms with van der Waals surface area (Å²) in [6.07, 6.45) is 2.45. The lowest BCUT2D eigenvalue weighted by atomic mass is 10.1. The van der Waals surface area contributed by atoms with Gasteiger partial charge in [-0.2, -0.15) is 10.4 Å². The van der Waals surface area contributed by atoms with Crippen molar-refractivity contribution >= 4 is 11.6 Å². The van der Waals surface area contributed by atoms with Crippen LogP contribution < -0.4 is 0 Å². The Morgan fingerprint density at radius 1 is 1.27 bits per heavy atom. The van der Waals surface area contributed by atoms with Gasteiger partial charge < -0.3 is 14.4 Å². The van der Waals surface area contributed by atoms with Crippen molar-refractivity contribution < 1.29 is 14.3 Å². The van der Waals surface area contributed by atoms with Crippen molar-refractivity contribution in [2.24, 2.45) is 0 Å². The van der Waals surface area contributed by atoms with Crippen LogP contribution in [0.5, 0.6) is 0 Å². The van der Waals surface area contributed by atoms with Crippen molar-refractivity contribution in [3.05, 3.63) is 28.7 Å². The first-order valence-electron chi connectivity index (χ1n) is 8.53. The summed E-state index contributed by atoms with van der Waals surface area (Å²) < 4.78 is 11.8. The summed E-state index contributed by atoms with van der Waals surface area (Å²) in [5.74, 6) is 0.0520. The Hall–Kier alpha value is -2.50. The summed E-state index contributed by atoms with van der Waals surface area (Å²) in [6.45, 7) is 5.89. The summed E-state index contributed by atoms with van der Waals surface area (Å²) in [5.41, 5.74) is 3.71. The molecule has 8 nitrogen and oxygen atoms in total. The molecule has 2 aromatic rings. The highest BCUT2D eigenvalue weighted by Crippen LogP contribution is 2.18. The predicted molar refractivity (Wildman–Crippen MR) is 95.8 cm³/mol. The van der Waals surface area contributed by atoms with Crippen LogP contribution in [-0.2, 0) is 20.7 Å². The zero-order valence-corrected chi connectivity index (χ0v) is 15.8. The molecular formula is C18H25N5O3. The van der Waals surface area contributed by atoms with Crippen LogP contribution in [0.25, 0.3) is 5.65 Å². The van der Waals surface area contributed by atoms with Gasteiger partial charge in [0.25, 0.3) is 0 Å². The summed E-state index contributed by atoms with van der Waals surface area (Å²) in [6, 6.07) is 2.10. The van der Waals surface area contributed by atoms with Gasteiger partial charge in [0.15, 0.2) is 5.65 Å². The molecule has 0 unspecified atom stereocenters. The van der Waals surface area contributed by atoms with Crippen molar-refractivity contribution in [3.63, 3.8) is 0 Å². The fourth-order valence-electron chi connectivity index (χ4n) is 2.91. The first kappa shape index (κ1) is 19.8. The minimum Gasteiger partial charge on any atom is -0.383 e. The normalized spacial score (nSPS) is 10.9. The van der Waals surface area contributed by atoms with Gasteiger partial charge in [0.05, 0.1) is 19.4 Å². The Kier molecular flexibility index (Phi) is 7.06. The molecule has 0 saturated carbocycles. The van der Waals surface area contributed by atoms with Crippen LogP contribution in [0.2, 0.25) is 0 Å². The molecule has 2 aromatic heterocycles. The Morgan fingerprint density at radius 2 is 1.92 bits per heavy atom. The van der Waals surface area contributed by atoms with Gasteiger partial charge in [-0.3, -0.25) is 4.79 Å². The van der Waals surface area contributed by atoms with E-state index in [9.17, 15) is 4.79 Å². The van der Waals surface area contributed by atoms with Gasteiger partial charge in [0.2, 0.25) is 5.91 Å². The quantitative estimate of drug-likeness (QED) is 0.669. The number of carbonyl (C=O) groups is 1. The van der Waals surface area contributed by atoms with Gasteiger partial charge in [-0.05, 0) is 25.8 Å². The highest BCUT2D eigenvalue weighted by atomic mass is 16.5. The second kappa shape index (κ2) is 9.27. The van der Waals surface area contributed by atoms with Crippen molar-refractivity contribution in [3.8, 4) is 6.07 Å². The Bertz CT molecular complexity index is 801. The highest BCUT2D eigenvalue weighted by molar-refractivity contribution is 5.76. The number of nitriles is 1. The number of fused-ring (bicyclic) bond motifs is 1. The fraction of sp³-hybridized carbons (Fsp3) is 0.556. The smallest absolute Gasteiger partial charge is 0.223 e. The average Bonchev–Trinajstić information content (AvgIpc) is 3.04. The zero-order chi connectivity index (χ0) is 19.1. The van der Waals surface area contributed by atoms with E-state index in [0.717, 1.165) is 17.0 Å². The van der Waals surface area contributed by atoms with Crippen LogP contribution in [0.15, 0.2) is 6.20 Å². The number of ether oxygens (including phenoxy) is 2. The third-order valence-corrected chi connectivity index (χ3v) is 4.40. The molecule has 26 heavy (non-hydrogen) atoms. The van der Waals surface area contributed by atoms with E-state index in [1.54, 1.807) is 23.6 Å². The second-order valence-corrected chi connectivity index (χ2v) is 6.03. The van der Waals surface area contributed by atoms with Crippen LogP contribution >= 0.6 is 0 Å². The molecule has 0 aromatic carbocycles. The van der Waals surface area contributed by atoms with Gasteiger partial charge in [0.1, 0.15) is 11.6 Å². The van der Waals surface area contributed by atoms with Crippen molar-refractivity contribution in [2.45, 2.75) is 26.7 Å². The fourth-order valence-corrected chi connectivity index (χ4v) is 2.91. The molecule has 2 rings (SSSR count). The summed E-state index contributed by atoms with van der Waals surface area (Å²) in [7, 11) is 3.23. The maximum absolute atomic E-state index is 12.6. The molecule has 0 fully saturated rings. The van der Waals surface area contributed by atoms with Gasteiger partial charge >= 0.3 is 0 Å². The van der Waals surface area contributed by atoms with E-state index >= 15 is 0 Å². The number of methoxy groups -OCH3 is 2. The molecule has 140 valence electrons. The van der Waals surface area contributed by atoms with E-state index in [2.05, 4.69) is 16.2 Å². The number of hydrogen-bond donors (Lipinski definition) is 0. The first-order chi connectivity index (χ1) is 12.5. The third-order valence-electron chi connectivity index (χ3n) is 4.40. The maximum Gasteiger partial charge on any atom is 0.223 e. The maximum atomic E-state index is 12.6. The molecule has 0 bridgehead atoms. The van der Waals surface area contributed by atoms with E-state index in [-0.39, 0.29) is 5.91 Å². The molecule has 8 heteroatoms. The lowest BCUT2D eigenvalue weighted by Gasteiger charge is -2.22. The van der Waals surface area contributed by atoms with Crippen LogP contribution in [0.4, 0.5) is 0 Å². The Morgan fingerprint density at radius 3 is 2.50 bits per heavy atom. The number of aromatic nitrogens is 3. The minimum atomic E-state index is 0.0520. The highest BCUT2D eigenvalue weighted by Gasteiger charge is 2.17. The van der Waals surface area contributed by atoms with Crippen molar-refractivity contribution in [2.75, 3.05) is 40.5 Å². The minimum absolute atomic E-state index is 0.0520. The molecule has 0 saturated heterocycles. The van der Waals surface area contributed by atoms with E-state index in [4.69, 9.17) is 14.7 Å². The number of rotatable bonds is 9. The molecule has 0 aliphatic heterocycles. The average molecular weight is 359 g/mol. The molecule has 0 aliphatic rings. The summed E-state index contributed by atoms with van der Waals surface area (Å²) in [4.78, 5) is 18.9. The second-order valence-electron chi connectivity index (χ2n) is 6.03. The SMILES string of the molecule is COCCN(CCOC)C(=O)CCc1c(C)nc2c(C#N)cnn2c1C. The predicted octanol–water partition coefficient (Wildman–Crippen LogP) is 1.27. The van der Waals surface area contributed by atoms with Crippen molar-refractivity contribution in [1.82, 2.24) is 19.5 Å². The van der Waals surface area contributed by atoms with E-state index in [1.807, 2.05) is 13.8 Å². The number of nitrogens with zero attached hydrogens (tertiary/aromatic N) is 5.